The Morgan fingerprint density at radius 3 is 1.94 bits per heavy atom. The normalized spacial score (nSPS) is 12.3. The SMILES string of the molecule is CC(C)(CNC(=O)CNC(=O)CNC(=O)OCC1c2ccccc2-c2ccccc21)C(=O)O. The Balaban J connectivity index is 1.41. The summed E-state index contributed by atoms with van der Waals surface area (Å²) in [6.45, 7) is 2.32. The molecule has 33 heavy (non-hydrogen) atoms. The molecule has 1 aliphatic carbocycles. The molecule has 3 amide bonds. The molecule has 2 aromatic rings. The van der Waals surface area contributed by atoms with Gasteiger partial charge in [0.25, 0.3) is 0 Å². The molecule has 0 spiro atoms. The zero-order valence-electron chi connectivity index (χ0n) is 18.5. The van der Waals surface area contributed by atoms with Gasteiger partial charge in [0.05, 0.1) is 12.0 Å². The van der Waals surface area contributed by atoms with Crippen LogP contribution >= 0.6 is 0 Å². The molecule has 0 aliphatic heterocycles. The van der Waals surface area contributed by atoms with Crippen molar-refractivity contribution in [2.45, 2.75) is 19.8 Å². The van der Waals surface area contributed by atoms with Crippen LogP contribution in [0.3, 0.4) is 0 Å². The summed E-state index contributed by atoms with van der Waals surface area (Å²) < 4.78 is 5.35. The van der Waals surface area contributed by atoms with Gasteiger partial charge in [-0.15, -0.1) is 0 Å². The smallest absolute Gasteiger partial charge is 0.407 e. The van der Waals surface area contributed by atoms with Gasteiger partial charge in [-0.2, -0.15) is 0 Å². The number of carbonyl (C=O) groups excluding carboxylic acids is 3. The predicted octanol–water partition coefficient (Wildman–Crippen LogP) is 1.87. The Labute approximate surface area is 191 Å². The summed E-state index contributed by atoms with van der Waals surface area (Å²) >= 11 is 0. The van der Waals surface area contributed by atoms with Crippen LogP contribution in [0.2, 0.25) is 0 Å². The van der Waals surface area contributed by atoms with Crippen LogP contribution in [-0.2, 0) is 19.1 Å². The topological polar surface area (TPSA) is 134 Å². The zero-order valence-corrected chi connectivity index (χ0v) is 18.5. The van der Waals surface area contributed by atoms with Crippen LogP contribution in [-0.4, -0.2) is 55.2 Å². The summed E-state index contributed by atoms with van der Waals surface area (Å²) in [5, 5.41) is 16.2. The first-order chi connectivity index (χ1) is 15.7. The van der Waals surface area contributed by atoms with Crippen molar-refractivity contribution in [2.75, 3.05) is 26.2 Å². The Hall–Kier alpha value is -3.88. The molecule has 3 rings (SSSR count). The highest BCUT2D eigenvalue weighted by Crippen LogP contribution is 2.44. The van der Waals surface area contributed by atoms with E-state index in [2.05, 4.69) is 16.0 Å². The molecule has 0 unspecified atom stereocenters. The second-order valence-corrected chi connectivity index (χ2v) is 8.42. The average molecular weight is 453 g/mol. The van der Waals surface area contributed by atoms with Crippen LogP contribution < -0.4 is 16.0 Å². The molecule has 9 heteroatoms. The number of hydrogen-bond acceptors (Lipinski definition) is 5. The van der Waals surface area contributed by atoms with E-state index in [0.29, 0.717) is 0 Å². The molecular formula is C24H27N3O6. The number of benzene rings is 2. The monoisotopic (exact) mass is 453 g/mol. The molecule has 0 heterocycles. The van der Waals surface area contributed by atoms with Crippen LogP contribution in [0.25, 0.3) is 11.1 Å². The number of nitrogens with one attached hydrogen (secondary N) is 3. The van der Waals surface area contributed by atoms with E-state index in [1.165, 1.54) is 13.8 Å². The maximum atomic E-state index is 12.1. The van der Waals surface area contributed by atoms with Crippen molar-refractivity contribution in [1.29, 1.82) is 0 Å². The fraction of sp³-hybridized carbons (Fsp3) is 0.333. The van der Waals surface area contributed by atoms with Crippen molar-refractivity contribution in [3.8, 4) is 11.1 Å². The van der Waals surface area contributed by atoms with Crippen molar-refractivity contribution in [3.63, 3.8) is 0 Å². The van der Waals surface area contributed by atoms with Gasteiger partial charge in [0.1, 0.15) is 13.2 Å². The molecule has 0 aromatic heterocycles. The molecule has 0 atom stereocenters. The van der Waals surface area contributed by atoms with E-state index in [4.69, 9.17) is 9.84 Å². The van der Waals surface area contributed by atoms with E-state index in [1.54, 1.807) is 0 Å². The van der Waals surface area contributed by atoms with Crippen LogP contribution in [0.1, 0.15) is 30.9 Å². The van der Waals surface area contributed by atoms with Crippen LogP contribution in [0.4, 0.5) is 4.79 Å². The third-order valence-corrected chi connectivity index (χ3v) is 5.49. The number of carboxylic acids is 1. The number of fused-ring (bicyclic) bond motifs is 3. The maximum Gasteiger partial charge on any atom is 0.407 e. The molecule has 174 valence electrons. The largest absolute Gasteiger partial charge is 0.481 e. The number of amides is 3. The minimum atomic E-state index is -1.12. The molecule has 9 nitrogen and oxygen atoms in total. The molecule has 1 aliphatic rings. The molecule has 0 fully saturated rings. The van der Waals surface area contributed by atoms with Gasteiger partial charge < -0.3 is 25.8 Å². The summed E-state index contributed by atoms with van der Waals surface area (Å²) in [6.07, 6.45) is -0.736. The van der Waals surface area contributed by atoms with Gasteiger partial charge in [-0.05, 0) is 36.1 Å². The standard InChI is InChI=1S/C24H27N3O6/c1-24(2,22(30)31)14-27-21(29)11-25-20(28)12-26-23(32)33-13-19-17-9-5-3-7-15(17)16-8-4-6-10-18(16)19/h3-10,19H,11-14H2,1-2H3,(H,25,28)(H,26,32)(H,27,29)(H,30,31). The number of hydrogen-bond donors (Lipinski definition) is 4. The van der Waals surface area contributed by atoms with E-state index < -0.39 is 29.3 Å². The van der Waals surface area contributed by atoms with Crippen molar-refractivity contribution < 1.29 is 29.0 Å². The second kappa shape index (κ2) is 10.2. The molecule has 0 saturated heterocycles. The Morgan fingerprint density at radius 1 is 0.848 bits per heavy atom. The predicted molar refractivity (Wildman–Crippen MR) is 121 cm³/mol. The van der Waals surface area contributed by atoms with Gasteiger partial charge in [0.15, 0.2) is 0 Å². The fourth-order valence-corrected chi connectivity index (χ4v) is 3.50. The molecule has 0 bridgehead atoms. The average Bonchev–Trinajstić information content (AvgIpc) is 3.12. The lowest BCUT2D eigenvalue weighted by Gasteiger charge is -2.19. The summed E-state index contributed by atoms with van der Waals surface area (Å²) in [4.78, 5) is 46.8. The van der Waals surface area contributed by atoms with Gasteiger partial charge in [-0.25, -0.2) is 4.79 Å². The molecule has 2 aromatic carbocycles. The number of carbonyl (C=O) groups is 4. The van der Waals surface area contributed by atoms with Gasteiger partial charge in [-0.3, -0.25) is 14.4 Å². The van der Waals surface area contributed by atoms with Gasteiger partial charge in [0, 0.05) is 12.5 Å². The second-order valence-electron chi connectivity index (χ2n) is 8.42. The van der Waals surface area contributed by atoms with Crippen LogP contribution in [0.15, 0.2) is 48.5 Å². The zero-order chi connectivity index (χ0) is 24.0. The summed E-state index contributed by atoms with van der Waals surface area (Å²) in [6, 6.07) is 15.9. The first-order valence-electron chi connectivity index (χ1n) is 10.5. The third kappa shape index (κ3) is 5.88. The lowest BCUT2D eigenvalue weighted by molar-refractivity contribution is -0.146. The quantitative estimate of drug-likeness (QED) is 0.458. The summed E-state index contributed by atoms with van der Waals surface area (Å²) in [5.41, 5.74) is 3.28. The first kappa shape index (κ1) is 23.8. The number of carboxylic acid groups (broad SMARTS) is 1. The highest BCUT2D eigenvalue weighted by Gasteiger charge is 2.29. The van der Waals surface area contributed by atoms with Crippen molar-refractivity contribution >= 4 is 23.9 Å². The Bertz CT molecular complexity index is 1020. The minimum Gasteiger partial charge on any atom is -0.481 e. The summed E-state index contributed by atoms with van der Waals surface area (Å²) in [5.74, 6) is -2.23. The molecule has 0 saturated carbocycles. The van der Waals surface area contributed by atoms with E-state index in [9.17, 15) is 19.2 Å². The van der Waals surface area contributed by atoms with E-state index in [0.717, 1.165) is 22.3 Å². The van der Waals surface area contributed by atoms with Crippen molar-refractivity contribution in [1.82, 2.24) is 16.0 Å². The molecule has 4 N–H and O–H groups in total. The highest BCUT2D eigenvalue weighted by molar-refractivity contribution is 5.87. The molecule has 0 radical (unpaired) electrons. The lowest BCUT2D eigenvalue weighted by Crippen LogP contribution is -2.45. The molecular weight excluding hydrogens is 426 g/mol. The van der Waals surface area contributed by atoms with Gasteiger partial charge in [0.2, 0.25) is 11.8 Å². The van der Waals surface area contributed by atoms with E-state index in [1.807, 2.05) is 48.5 Å². The number of alkyl carbamates (subject to hydrolysis) is 1. The maximum absolute atomic E-state index is 12.1. The van der Waals surface area contributed by atoms with Crippen LogP contribution in [0, 0.1) is 5.41 Å². The minimum absolute atomic E-state index is 0.0744. The lowest BCUT2D eigenvalue weighted by atomic mass is 9.94. The van der Waals surface area contributed by atoms with Gasteiger partial charge in [-0.1, -0.05) is 48.5 Å². The third-order valence-electron chi connectivity index (χ3n) is 5.49. The van der Waals surface area contributed by atoms with Crippen molar-refractivity contribution in [3.05, 3.63) is 59.7 Å². The van der Waals surface area contributed by atoms with E-state index >= 15 is 0 Å². The van der Waals surface area contributed by atoms with Crippen molar-refractivity contribution in [2.24, 2.45) is 5.41 Å². The Kier molecular flexibility index (Phi) is 7.32. The fourth-order valence-electron chi connectivity index (χ4n) is 3.50. The number of aliphatic carboxylic acids is 1. The number of rotatable bonds is 9. The van der Waals surface area contributed by atoms with Crippen LogP contribution in [0.5, 0.6) is 0 Å². The summed E-state index contributed by atoms with van der Waals surface area (Å²) in [7, 11) is 0. The van der Waals surface area contributed by atoms with E-state index in [-0.39, 0.29) is 32.2 Å². The number of ether oxygens (including phenoxy) is 1. The van der Waals surface area contributed by atoms with Gasteiger partial charge >= 0.3 is 12.1 Å². The first-order valence-corrected chi connectivity index (χ1v) is 10.5. The highest BCUT2D eigenvalue weighted by atomic mass is 16.5. The Morgan fingerprint density at radius 2 is 1.36 bits per heavy atom.